The lowest BCUT2D eigenvalue weighted by molar-refractivity contribution is -0.126. The van der Waals surface area contributed by atoms with Crippen molar-refractivity contribution in [2.24, 2.45) is 17.6 Å². The Bertz CT molecular complexity index is 257. The Morgan fingerprint density at radius 1 is 1.50 bits per heavy atom. The number of amides is 1. The fraction of sp³-hybridized carbons (Fsp3) is 0.929. The monoisotopic (exact) mass is 255 g/mol. The van der Waals surface area contributed by atoms with Gasteiger partial charge < -0.3 is 16.0 Å². The Hall–Kier alpha value is -0.610. The highest BCUT2D eigenvalue weighted by Gasteiger charge is 2.31. The third-order valence-electron chi connectivity index (χ3n) is 4.41. The first-order chi connectivity index (χ1) is 8.60. The van der Waals surface area contributed by atoms with Crippen LogP contribution < -0.4 is 11.1 Å². The van der Waals surface area contributed by atoms with Crippen molar-refractivity contribution in [1.29, 1.82) is 0 Å². The maximum Gasteiger partial charge on any atom is 0.223 e. The van der Waals surface area contributed by atoms with E-state index in [0.29, 0.717) is 18.5 Å². The van der Waals surface area contributed by atoms with Crippen LogP contribution in [0.5, 0.6) is 0 Å². The van der Waals surface area contributed by atoms with Gasteiger partial charge in [-0.25, -0.2) is 0 Å². The number of nitrogens with zero attached hydrogens (tertiary/aromatic N) is 1. The molecule has 1 rings (SSSR count). The molecule has 0 saturated heterocycles. The predicted molar refractivity (Wildman–Crippen MR) is 75.3 cm³/mol. The summed E-state index contributed by atoms with van der Waals surface area (Å²) in [6.07, 6.45) is 4.41. The van der Waals surface area contributed by atoms with E-state index in [-0.39, 0.29) is 11.8 Å². The van der Waals surface area contributed by atoms with Gasteiger partial charge in [-0.3, -0.25) is 4.79 Å². The third-order valence-corrected chi connectivity index (χ3v) is 4.41. The summed E-state index contributed by atoms with van der Waals surface area (Å²) in [6.45, 7) is 6.70. The van der Waals surface area contributed by atoms with Crippen molar-refractivity contribution in [3.05, 3.63) is 0 Å². The topological polar surface area (TPSA) is 58.4 Å². The molecule has 1 unspecified atom stereocenters. The van der Waals surface area contributed by atoms with Gasteiger partial charge in [0, 0.05) is 25.0 Å². The Morgan fingerprint density at radius 3 is 2.83 bits per heavy atom. The lowest BCUT2D eigenvalue weighted by Crippen LogP contribution is -2.40. The van der Waals surface area contributed by atoms with E-state index in [4.69, 9.17) is 5.73 Å². The Kier molecular flexibility index (Phi) is 6.65. The highest BCUT2D eigenvalue weighted by Crippen LogP contribution is 2.30. The number of likely N-dealkylation sites (N-methyl/N-ethyl adjacent to an activating group) is 1. The summed E-state index contributed by atoms with van der Waals surface area (Å²) in [5, 5.41) is 3.06. The van der Waals surface area contributed by atoms with Crippen LogP contribution >= 0.6 is 0 Å². The Labute approximate surface area is 111 Å². The van der Waals surface area contributed by atoms with E-state index in [1.165, 1.54) is 0 Å². The van der Waals surface area contributed by atoms with Gasteiger partial charge in [-0.05, 0) is 45.7 Å². The zero-order valence-electron chi connectivity index (χ0n) is 12.1. The second-order valence-corrected chi connectivity index (χ2v) is 5.56. The normalized spacial score (nSPS) is 25.4. The van der Waals surface area contributed by atoms with Crippen LogP contribution in [0.4, 0.5) is 0 Å². The lowest BCUT2D eigenvalue weighted by Gasteiger charge is -2.24. The predicted octanol–water partition coefficient (Wildman–Crippen LogP) is 1.21. The van der Waals surface area contributed by atoms with Crippen molar-refractivity contribution in [2.75, 3.05) is 26.7 Å². The molecular weight excluding hydrogens is 226 g/mol. The maximum absolute atomic E-state index is 12.1. The molecule has 4 heteroatoms. The van der Waals surface area contributed by atoms with Gasteiger partial charge in [-0.15, -0.1) is 0 Å². The molecule has 1 amide bonds. The average molecular weight is 255 g/mol. The fourth-order valence-electron chi connectivity index (χ4n) is 2.68. The quantitative estimate of drug-likeness (QED) is 0.719. The molecule has 0 bridgehead atoms. The molecule has 0 heterocycles. The van der Waals surface area contributed by atoms with E-state index in [1.54, 1.807) is 0 Å². The van der Waals surface area contributed by atoms with Crippen LogP contribution in [0.15, 0.2) is 0 Å². The van der Waals surface area contributed by atoms with Crippen molar-refractivity contribution in [2.45, 2.75) is 45.6 Å². The molecule has 3 N–H and O–H groups in total. The summed E-state index contributed by atoms with van der Waals surface area (Å²) in [4.78, 5) is 14.3. The van der Waals surface area contributed by atoms with E-state index in [2.05, 4.69) is 31.1 Å². The molecule has 0 radical (unpaired) electrons. The number of nitrogens with one attached hydrogen (secondary N) is 1. The van der Waals surface area contributed by atoms with Gasteiger partial charge in [0.1, 0.15) is 0 Å². The SMILES string of the molecule is CCC(C)N(C)CCNC(=O)[C@@H]1CCC[C@@H]1CN. The minimum absolute atomic E-state index is 0.156. The number of nitrogens with two attached hydrogens (primary N) is 1. The average Bonchev–Trinajstić information content (AvgIpc) is 2.85. The van der Waals surface area contributed by atoms with Gasteiger partial charge in [0.25, 0.3) is 0 Å². The highest BCUT2D eigenvalue weighted by molar-refractivity contribution is 5.79. The van der Waals surface area contributed by atoms with Crippen LogP contribution in [0, 0.1) is 11.8 Å². The highest BCUT2D eigenvalue weighted by atomic mass is 16.1. The molecule has 1 aliphatic rings. The molecule has 0 aromatic carbocycles. The fourth-order valence-corrected chi connectivity index (χ4v) is 2.68. The van der Waals surface area contributed by atoms with Crippen LogP contribution in [-0.2, 0) is 4.79 Å². The smallest absolute Gasteiger partial charge is 0.223 e. The van der Waals surface area contributed by atoms with Crippen LogP contribution in [0.2, 0.25) is 0 Å². The molecule has 1 aliphatic carbocycles. The van der Waals surface area contributed by atoms with Crippen molar-refractivity contribution < 1.29 is 4.79 Å². The summed E-state index contributed by atoms with van der Waals surface area (Å²) in [5.74, 6) is 0.765. The van der Waals surface area contributed by atoms with Crippen molar-refractivity contribution >= 4 is 5.91 Å². The van der Waals surface area contributed by atoms with Crippen LogP contribution in [-0.4, -0.2) is 43.5 Å². The molecule has 1 fully saturated rings. The van der Waals surface area contributed by atoms with Gasteiger partial charge in [-0.2, -0.15) is 0 Å². The first-order valence-electron chi connectivity index (χ1n) is 7.28. The van der Waals surface area contributed by atoms with Gasteiger partial charge >= 0.3 is 0 Å². The first kappa shape index (κ1) is 15.4. The van der Waals surface area contributed by atoms with Crippen LogP contribution in [0.1, 0.15) is 39.5 Å². The molecule has 3 atom stereocenters. The number of hydrogen-bond donors (Lipinski definition) is 2. The number of carbonyl (C=O) groups is 1. The van der Waals surface area contributed by atoms with E-state index >= 15 is 0 Å². The zero-order chi connectivity index (χ0) is 13.5. The maximum atomic E-state index is 12.1. The Balaban J connectivity index is 2.25. The zero-order valence-corrected chi connectivity index (χ0v) is 12.1. The number of hydrogen-bond acceptors (Lipinski definition) is 3. The van der Waals surface area contributed by atoms with Crippen LogP contribution in [0.3, 0.4) is 0 Å². The second kappa shape index (κ2) is 7.74. The lowest BCUT2D eigenvalue weighted by atomic mass is 9.95. The van der Waals surface area contributed by atoms with E-state index in [0.717, 1.165) is 38.8 Å². The van der Waals surface area contributed by atoms with Crippen LogP contribution in [0.25, 0.3) is 0 Å². The summed E-state index contributed by atoms with van der Waals surface area (Å²) < 4.78 is 0. The third kappa shape index (κ3) is 4.25. The standard InChI is InChI=1S/C14H29N3O/c1-4-11(2)17(3)9-8-16-14(18)13-7-5-6-12(13)10-15/h11-13H,4-10,15H2,1-3H3,(H,16,18)/t11?,12-,13-/m1/s1. The summed E-state index contributed by atoms with van der Waals surface area (Å²) >= 11 is 0. The number of rotatable bonds is 7. The van der Waals surface area contributed by atoms with Crippen molar-refractivity contribution in [3.63, 3.8) is 0 Å². The van der Waals surface area contributed by atoms with Gasteiger partial charge in [0.2, 0.25) is 5.91 Å². The summed E-state index contributed by atoms with van der Waals surface area (Å²) in [7, 11) is 2.11. The minimum atomic E-state index is 0.156. The molecule has 18 heavy (non-hydrogen) atoms. The van der Waals surface area contributed by atoms with Crippen molar-refractivity contribution in [1.82, 2.24) is 10.2 Å². The molecule has 0 aliphatic heterocycles. The molecule has 106 valence electrons. The van der Waals surface area contributed by atoms with Gasteiger partial charge in [0.05, 0.1) is 0 Å². The molecule has 1 saturated carbocycles. The van der Waals surface area contributed by atoms with E-state index < -0.39 is 0 Å². The summed E-state index contributed by atoms with van der Waals surface area (Å²) in [5.41, 5.74) is 5.71. The molecule has 0 aromatic rings. The number of carbonyl (C=O) groups excluding carboxylic acids is 1. The summed E-state index contributed by atoms with van der Waals surface area (Å²) in [6, 6.07) is 0.574. The van der Waals surface area contributed by atoms with Gasteiger partial charge in [-0.1, -0.05) is 13.3 Å². The largest absolute Gasteiger partial charge is 0.355 e. The first-order valence-corrected chi connectivity index (χ1v) is 7.28. The minimum Gasteiger partial charge on any atom is -0.355 e. The molecule has 0 aromatic heterocycles. The van der Waals surface area contributed by atoms with E-state index in [1.807, 2.05) is 0 Å². The van der Waals surface area contributed by atoms with Crippen molar-refractivity contribution in [3.8, 4) is 0 Å². The molecule has 0 spiro atoms. The Morgan fingerprint density at radius 2 is 2.22 bits per heavy atom. The van der Waals surface area contributed by atoms with E-state index in [9.17, 15) is 4.79 Å². The van der Waals surface area contributed by atoms with Gasteiger partial charge in [0.15, 0.2) is 0 Å². The molecule has 4 nitrogen and oxygen atoms in total. The molecular formula is C14H29N3O. The second-order valence-electron chi connectivity index (χ2n) is 5.56.